The van der Waals surface area contributed by atoms with Crippen molar-refractivity contribution in [3.8, 4) is 0 Å². The normalized spacial score (nSPS) is 25.4. The highest BCUT2D eigenvalue weighted by molar-refractivity contribution is 5.98. The van der Waals surface area contributed by atoms with E-state index in [-0.39, 0.29) is 11.7 Å². The molecule has 2 unspecified atom stereocenters. The van der Waals surface area contributed by atoms with Gasteiger partial charge in [-0.3, -0.25) is 9.59 Å². The molecule has 1 aromatic carbocycles. The second-order valence-electron chi connectivity index (χ2n) is 7.88. The fourth-order valence-corrected chi connectivity index (χ4v) is 4.60. The number of carbonyl (C=O) groups is 2. The van der Waals surface area contributed by atoms with Gasteiger partial charge in [0.05, 0.1) is 0 Å². The topological polar surface area (TPSA) is 49.4 Å². The Morgan fingerprint density at radius 1 is 1.00 bits per heavy atom. The third-order valence-corrected chi connectivity index (χ3v) is 6.11. The van der Waals surface area contributed by atoms with Gasteiger partial charge in [-0.15, -0.1) is 0 Å². The van der Waals surface area contributed by atoms with Crippen LogP contribution in [0.25, 0.3) is 0 Å². The van der Waals surface area contributed by atoms with Crippen LogP contribution in [0.15, 0.2) is 18.2 Å². The van der Waals surface area contributed by atoms with Crippen LogP contribution in [0.5, 0.6) is 0 Å². The number of carbonyl (C=O) groups excluding carboxylic acids is 2. The third-order valence-electron chi connectivity index (χ3n) is 6.11. The number of hydrogen-bond donors (Lipinski definition) is 1. The van der Waals surface area contributed by atoms with Gasteiger partial charge in [-0.2, -0.15) is 0 Å². The summed E-state index contributed by atoms with van der Waals surface area (Å²) in [4.78, 5) is 27.0. The van der Waals surface area contributed by atoms with Crippen molar-refractivity contribution in [3.63, 3.8) is 0 Å². The zero-order valence-corrected chi connectivity index (χ0v) is 14.9. The first-order valence-corrected chi connectivity index (χ1v) is 9.88. The first-order chi connectivity index (χ1) is 12.2. The molecule has 0 aromatic heterocycles. The molecular formula is C21H28N2O2. The van der Waals surface area contributed by atoms with Gasteiger partial charge in [0, 0.05) is 43.6 Å². The van der Waals surface area contributed by atoms with Gasteiger partial charge in [0.15, 0.2) is 5.78 Å². The zero-order chi connectivity index (χ0) is 17.2. The number of ketones is 1. The Morgan fingerprint density at radius 2 is 1.80 bits per heavy atom. The van der Waals surface area contributed by atoms with Gasteiger partial charge in [0.1, 0.15) is 0 Å². The fourth-order valence-electron chi connectivity index (χ4n) is 4.60. The second kappa shape index (κ2) is 7.28. The number of nitrogens with zero attached hydrogens (tertiary/aromatic N) is 1. The summed E-state index contributed by atoms with van der Waals surface area (Å²) in [7, 11) is 0. The van der Waals surface area contributed by atoms with Crippen molar-refractivity contribution >= 4 is 11.7 Å². The predicted molar refractivity (Wildman–Crippen MR) is 97.8 cm³/mol. The standard InChI is InChI=1S/C21H28N2O2/c24-20(17-6-5-15-3-1-2-4-16(15)13-17)9-10-21(25)23-12-11-18-7-8-19(14-23)22-18/h5-6,13,18-19,22H,1-4,7-12,14H2. The molecule has 2 bridgehead atoms. The average Bonchev–Trinajstić information content (AvgIpc) is 2.97. The molecule has 0 radical (unpaired) electrons. The van der Waals surface area contributed by atoms with Crippen LogP contribution < -0.4 is 5.32 Å². The van der Waals surface area contributed by atoms with E-state index < -0.39 is 0 Å². The fraction of sp³-hybridized carbons (Fsp3) is 0.619. The third kappa shape index (κ3) is 3.79. The molecule has 4 nitrogen and oxygen atoms in total. The lowest BCUT2D eigenvalue weighted by molar-refractivity contribution is -0.131. The van der Waals surface area contributed by atoms with E-state index in [0.29, 0.717) is 24.9 Å². The largest absolute Gasteiger partial charge is 0.341 e. The van der Waals surface area contributed by atoms with Crippen molar-refractivity contribution in [3.05, 3.63) is 34.9 Å². The maximum atomic E-state index is 12.5. The Labute approximate surface area is 150 Å². The van der Waals surface area contributed by atoms with Crippen LogP contribution in [0.2, 0.25) is 0 Å². The van der Waals surface area contributed by atoms with Crippen molar-refractivity contribution in [1.82, 2.24) is 10.2 Å². The molecule has 2 fully saturated rings. The molecule has 2 heterocycles. The molecule has 3 aliphatic rings. The van der Waals surface area contributed by atoms with E-state index in [1.807, 2.05) is 11.0 Å². The Bertz CT molecular complexity index is 670. The molecule has 1 aliphatic carbocycles. The Balaban J connectivity index is 1.33. The van der Waals surface area contributed by atoms with Crippen molar-refractivity contribution < 1.29 is 9.59 Å². The van der Waals surface area contributed by atoms with Gasteiger partial charge in [0.2, 0.25) is 5.91 Å². The van der Waals surface area contributed by atoms with E-state index >= 15 is 0 Å². The number of amides is 1. The molecule has 0 spiro atoms. The maximum Gasteiger partial charge on any atom is 0.223 e. The van der Waals surface area contributed by atoms with Gasteiger partial charge >= 0.3 is 0 Å². The molecule has 1 N–H and O–H groups in total. The van der Waals surface area contributed by atoms with Crippen LogP contribution in [0.3, 0.4) is 0 Å². The number of benzene rings is 1. The molecule has 2 aliphatic heterocycles. The molecule has 2 atom stereocenters. The highest BCUT2D eigenvalue weighted by Gasteiger charge is 2.31. The summed E-state index contributed by atoms with van der Waals surface area (Å²) in [6, 6.07) is 7.16. The Hall–Kier alpha value is -1.68. The Kier molecular flexibility index (Phi) is 4.89. The first-order valence-electron chi connectivity index (χ1n) is 9.88. The number of likely N-dealkylation sites (tertiary alicyclic amines) is 1. The minimum absolute atomic E-state index is 0.108. The number of aryl methyl sites for hydroxylation is 2. The van der Waals surface area contributed by atoms with Gasteiger partial charge in [-0.25, -0.2) is 0 Å². The minimum Gasteiger partial charge on any atom is -0.341 e. The maximum absolute atomic E-state index is 12.5. The highest BCUT2D eigenvalue weighted by Crippen LogP contribution is 2.24. The van der Waals surface area contributed by atoms with Crippen molar-refractivity contribution in [2.45, 2.75) is 69.9 Å². The van der Waals surface area contributed by atoms with E-state index in [1.165, 1.54) is 36.8 Å². The number of Topliss-reactive ketones (excluding diaryl/α,β-unsaturated/α-hetero) is 1. The molecule has 4 rings (SSSR count). The number of hydrogen-bond acceptors (Lipinski definition) is 3. The van der Waals surface area contributed by atoms with Crippen LogP contribution in [0.1, 0.15) is 66.4 Å². The molecule has 1 aromatic rings. The second-order valence-corrected chi connectivity index (χ2v) is 7.88. The van der Waals surface area contributed by atoms with E-state index in [1.54, 1.807) is 0 Å². The van der Waals surface area contributed by atoms with Crippen molar-refractivity contribution in [1.29, 1.82) is 0 Å². The first kappa shape index (κ1) is 16.8. The zero-order valence-electron chi connectivity index (χ0n) is 14.9. The van der Waals surface area contributed by atoms with Gasteiger partial charge in [0.25, 0.3) is 0 Å². The van der Waals surface area contributed by atoms with Crippen molar-refractivity contribution in [2.24, 2.45) is 0 Å². The summed E-state index contributed by atoms with van der Waals surface area (Å²) in [5.74, 6) is 0.247. The monoisotopic (exact) mass is 340 g/mol. The van der Waals surface area contributed by atoms with E-state index in [2.05, 4.69) is 17.4 Å². The van der Waals surface area contributed by atoms with Crippen LogP contribution >= 0.6 is 0 Å². The molecule has 4 heteroatoms. The van der Waals surface area contributed by atoms with Crippen LogP contribution in [0, 0.1) is 0 Å². The van der Waals surface area contributed by atoms with E-state index in [9.17, 15) is 9.59 Å². The summed E-state index contributed by atoms with van der Waals surface area (Å²) in [6.45, 7) is 1.64. The lowest BCUT2D eigenvalue weighted by atomic mass is 9.89. The molecule has 134 valence electrons. The summed E-state index contributed by atoms with van der Waals surface area (Å²) < 4.78 is 0. The molecule has 25 heavy (non-hydrogen) atoms. The van der Waals surface area contributed by atoms with Gasteiger partial charge in [-0.05, 0) is 62.1 Å². The van der Waals surface area contributed by atoms with Crippen molar-refractivity contribution in [2.75, 3.05) is 13.1 Å². The summed E-state index contributed by atoms with van der Waals surface area (Å²) in [5.41, 5.74) is 3.51. The SMILES string of the molecule is O=C(CCC(=O)N1CCC2CCC(C1)N2)c1ccc2c(c1)CCCC2. The average molecular weight is 340 g/mol. The number of rotatable bonds is 4. The quantitative estimate of drug-likeness (QED) is 0.858. The summed E-state index contributed by atoms with van der Waals surface area (Å²) >= 11 is 0. The molecule has 0 saturated carbocycles. The van der Waals surface area contributed by atoms with E-state index in [0.717, 1.165) is 37.9 Å². The molecule has 1 amide bonds. The van der Waals surface area contributed by atoms with Gasteiger partial charge in [-0.1, -0.05) is 12.1 Å². The summed E-state index contributed by atoms with van der Waals surface area (Å²) in [6.07, 6.45) is 8.80. The van der Waals surface area contributed by atoms with Gasteiger partial charge < -0.3 is 10.2 Å². The number of nitrogens with one attached hydrogen (secondary N) is 1. The number of fused-ring (bicyclic) bond motifs is 3. The summed E-state index contributed by atoms with van der Waals surface area (Å²) in [5, 5.41) is 3.60. The Morgan fingerprint density at radius 3 is 2.68 bits per heavy atom. The molecular weight excluding hydrogens is 312 g/mol. The van der Waals surface area contributed by atoms with Crippen LogP contribution in [-0.2, 0) is 17.6 Å². The lowest BCUT2D eigenvalue weighted by Gasteiger charge is -2.24. The predicted octanol–water partition coefficient (Wildman–Crippen LogP) is 2.88. The van der Waals surface area contributed by atoms with E-state index in [4.69, 9.17) is 0 Å². The smallest absolute Gasteiger partial charge is 0.223 e. The highest BCUT2D eigenvalue weighted by atomic mass is 16.2. The lowest BCUT2D eigenvalue weighted by Crippen LogP contribution is -2.39. The minimum atomic E-state index is 0.108. The molecule has 2 saturated heterocycles. The van der Waals surface area contributed by atoms with Crippen LogP contribution in [-0.4, -0.2) is 41.8 Å². The van der Waals surface area contributed by atoms with Crippen LogP contribution in [0.4, 0.5) is 0 Å².